The van der Waals surface area contributed by atoms with Gasteiger partial charge in [-0.3, -0.25) is 5.43 Å². The van der Waals surface area contributed by atoms with Gasteiger partial charge in [-0.2, -0.15) is 5.10 Å². The van der Waals surface area contributed by atoms with E-state index < -0.39 is 0 Å². The van der Waals surface area contributed by atoms with Crippen molar-refractivity contribution >= 4 is 12.0 Å². The van der Waals surface area contributed by atoms with Gasteiger partial charge in [-0.25, -0.2) is 9.97 Å². The van der Waals surface area contributed by atoms with Gasteiger partial charge in [-0.05, 0) is 36.2 Å². The molecule has 3 aromatic carbocycles. The lowest BCUT2D eigenvalue weighted by molar-refractivity contribution is 0.306. The van der Waals surface area contributed by atoms with Crippen molar-refractivity contribution < 1.29 is 4.74 Å². The van der Waals surface area contributed by atoms with Gasteiger partial charge in [0.2, 0.25) is 0 Å². The van der Waals surface area contributed by atoms with Crippen molar-refractivity contribution in [1.29, 1.82) is 0 Å². The molecule has 0 unspecified atom stereocenters. The lowest BCUT2D eigenvalue weighted by Gasteiger charge is -2.08. The summed E-state index contributed by atoms with van der Waals surface area (Å²) in [6, 6.07) is 29.9. The highest BCUT2D eigenvalue weighted by Crippen LogP contribution is 2.24. The second kappa shape index (κ2) is 11.6. The molecule has 0 amide bonds. The van der Waals surface area contributed by atoms with Crippen LogP contribution in [0.15, 0.2) is 96.1 Å². The molecule has 5 nitrogen and oxygen atoms in total. The minimum Gasteiger partial charge on any atom is -0.494 e. The molecule has 5 heteroatoms. The van der Waals surface area contributed by atoms with Crippen molar-refractivity contribution in [2.75, 3.05) is 12.0 Å². The maximum absolute atomic E-state index is 5.77. The molecule has 166 valence electrons. The topological polar surface area (TPSA) is 59.4 Å². The molecule has 1 N–H and O–H groups in total. The third kappa shape index (κ3) is 6.50. The molecule has 0 radical (unpaired) electrons. The number of anilines is 1. The number of hydrogen-bond donors (Lipinski definition) is 1. The fourth-order valence-corrected chi connectivity index (χ4v) is 3.34. The molecular weight excluding hydrogens is 408 g/mol. The van der Waals surface area contributed by atoms with Gasteiger partial charge in [0.05, 0.1) is 18.5 Å². The van der Waals surface area contributed by atoms with Crippen LogP contribution in [0.2, 0.25) is 0 Å². The Labute approximate surface area is 195 Å². The standard InChI is InChI=1S/C28H28N4O/c1-2-3-10-19-33-25-17-15-22(16-18-25)21-29-32-27-20-26(23-11-6-4-7-12-23)30-28(31-27)24-13-8-5-9-14-24/h4-9,11-18,20-21H,2-3,10,19H2,1H3,(H,30,31,32)/b29-21+. The SMILES string of the molecule is CCCCCOc1ccc(/C=N/Nc2cc(-c3ccccc3)nc(-c3ccccc3)n2)cc1. The molecule has 0 saturated heterocycles. The lowest BCUT2D eigenvalue weighted by Crippen LogP contribution is -1.99. The van der Waals surface area contributed by atoms with Crippen LogP contribution in [0, 0.1) is 0 Å². The van der Waals surface area contributed by atoms with Gasteiger partial charge >= 0.3 is 0 Å². The summed E-state index contributed by atoms with van der Waals surface area (Å²) in [7, 11) is 0. The quantitative estimate of drug-likeness (QED) is 0.168. The van der Waals surface area contributed by atoms with Crippen molar-refractivity contribution in [2.24, 2.45) is 5.10 Å². The van der Waals surface area contributed by atoms with E-state index in [4.69, 9.17) is 9.72 Å². The van der Waals surface area contributed by atoms with Crippen molar-refractivity contribution in [3.63, 3.8) is 0 Å². The summed E-state index contributed by atoms with van der Waals surface area (Å²) >= 11 is 0. The van der Waals surface area contributed by atoms with Crippen LogP contribution >= 0.6 is 0 Å². The second-order valence-electron chi connectivity index (χ2n) is 7.69. The van der Waals surface area contributed by atoms with Gasteiger partial charge in [-0.15, -0.1) is 0 Å². The first-order valence-corrected chi connectivity index (χ1v) is 11.3. The molecule has 0 aliphatic rings. The van der Waals surface area contributed by atoms with Gasteiger partial charge in [-0.1, -0.05) is 80.4 Å². The van der Waals surface area contributed by atoms with E-state index in [0.29, 0.717) is 11.6 Å². The number of hydrazone groups is 1. The molecule has 4 rings (SSSR count). The largest absolute Gasteiger partial charge is 0.494 e. The fourth-order valence-electron chi connectivity index (χ4n) is 3.34. The highest BCUT2D eigenvalue weighted by Gasteiger charge is 2.08. The number of ether oxygens (including phenoxy) is 1. The Morgan fingerprint density at radius 3 is 2.21 bits per heavy atom. The van der Waals surface area contributed by atoms with Crippen molar-refractivity contribution in [3.05, 3.63) is 96.6 Å². The van der Waals surface area contributed by atoms with E-state index in [1.807, 2.05) is 91.0 Å². The van der Waals surface area contributed by atoms with Gasteiger partial charge < -0.3 is 4.74 Å². The van der Waals surface area contributed by atoms with E-state index in [0.717, 1.165) is 41.2 Å². The van der Waals surface area contributed by atoms with E-state index in [2.05, 4.69) is 22.4 Å². The average molecular weight is 437 g/mol. The number of nitrogens with zero attached hydrogens (tertiary/aromatic N) is 3. The van der Waals surface area contributed by atoms with Gasteiger partial charge in [0.25, 0.3) is 0 Å². The summed E-state index contributed by atoms with van der Waals surface area (Å²) in [6.45, 7) is 2.94. The molecule has 0 atom stereocenters. The smallest absolute Gasteiger partial charge is 0.162 e. The van der Waals surface area contributed by atoms with Gasteiger partial charge in [0.1, 0.15) is 5.75 Å². The molecule has 1 heterocycles. The Morgan fingerprint density at radius 2 is 1.52 bits per heavy atom. The van der Waals surface area contributed by atoms with Crippen LogP contribution in [-0.4, -0.2) is 22.8 Å². The highest BCUT2D eigenvalue weighted by molar-refractivity contribution is 5.80. The first kappa shape index (κ1) is 22.2. The van der Waals surface area contributed by atoms with Crippen molar-refractivity contribution in [2.45, 2.75) is 26.2 Å². The molecule has 0 aliphatic carbocycles. The molecular formula is C28H28N4O. The first-order chi connectivity index (χ1) is 16.3. The number of rotatable bonds is 10. The zero-order valence-corrected chi connectivity index (χ0v) is 18.8. The summed E-state index contributed by atoms with van der Waals surface area (Å²) in [5, 5.41) is 4.39. The zero-order valence-electron chi connectivity index (χ0n) is 18.8. The molecule has 0 spiro atoms. The van der Waals surface area contributed by atoms with Crippen LogP contribution in [0.25, 0.3) is 22.6 Å². The predicted octanol–water partition coefficient (Wildman–Crippen LogP) is 6.83. The molecule has 0 saturated carbocycles. The van der Waals surface area contributed by atoms with Crippen LogP contribution in [0.1, 0.15) is 31.7 Å². The van der Waals surface area contributed by atoms with E-state index in [1.54, 1.807) is 6.21 Å². The average Bonchev–Trinajstić information content (AvgIpc) is 2.88. The summed E-state index contributed by atoms with van der Waals surface area (Å²) < 4.78 is 5.77. The van der Waals surface area contributed by atoms with E-state index in [1.165, 1.54) is 12.8 Å². The van der Waals surface area contributed by atoms with Crippen LogP contribution < -0.4 is 10.2 Å². The Bertz CT molecular complexity index is 1100. The van der Waals surface area contributed by atoms with Gasteiger partial charge in [0.15, 0.2) is 11.6 Å². The minimum absolute atomic E-state index is 0.634. The first-order valence-electron chi connectivity index (χ1n) is 11.3. The van der Waals surface area contributed by atoms with Crippen LogP contribution in [0.3, 0.4) is 0 Å². The molecule has 33 heavy (non-hydrogen) atoms. The number of hydrogen-bond acceptors (Lipinski definition) is 5. The molecule has 0 bridgehead atoms. The second-order valence-corrected chi connectivity index (χ2v) is 7.69. The van der Waals surface area contributed by atoms with E-state index in [-0.39, 0.29) is 0 Å². The number of benzene rings is 3. The maximum atomic E-state index is 5.77. The number of aromatic nitrogens is 2. The predicted molar refractivity (Wildman–Crippen MR) is 136 cm³/mol. The Hall–Kier alpha value is -3.99. The Balaban J connectivity index is 1.48. The lowest BCUT2D eigenvalue weighted by atomic mass is 10.1. The Kier molecular flexibility index (Phi) is 7.79. The molecule has 1 aromatic heterocycles. The summed E-state index contributed by atoms with van der Waals surface area (Å²) in [6.07, 6.45) is 5.24. The van der Waals surface area contributed by atoms with Crippen LogP contribution in [0.5, 0.6) is 5.75 Å². The summed E-state index contributed by atoms with van der Waals surface area (Å²) in [4.78, 5) is 9.44. The minimum atomic E-state index is 0.634. The van der Waals surface area contributed by atoms with Gasteiger partial charge in [0, 0.05) is 17.2 Å². The van der Waals surface area contributed by atoms with Crippen molar-refractivity contribution in [1.82, 2.24) is 9.97 Å². The number of nitrogens with one attached hydrogen (secondary N) is 1. The maximum Gasteiger partial charge on any atom is 0.162 e. The Morgan fingerprint density at radius 1 is 0.818 bits per heavy atom. The normalized spacial score (nSPS) is 10.9. The fraction of sp³-hybridized carbons (Fsp3) is 0.179. The molecule has 0 fully saturated rings. The van der Waals surface area contributed by atoms with Crippen LogP contribution in [-0.2, 0) is 0 Å². The summed E-state index contributed by atoms with van der Waals surface area (Å²) in [5.74, 6) is 2.17. The molecule has 4 aromatic rings. The third-order valence-electron chi connectivity index (χ3n) is 5.12. The van der Waals surface area contributed by atoms with Crippen LogP contribution in [0.4, 0.5) is 5.82 Å². The zero-order chi connectivity index (χ0) is 22.7. The number of unbranched alkanes of at least 4 members (excludes halogenated alkanes) is 2. The third-order valence-corrected chi connectivity index (χ3v) is 5.12. The monoisotopic (exact) mass is 436 g/mol. The van der Waals surface area contributed by atoms with Crippen molar-refractivity contribution in [3.8, 4) is 28.4 Å². The summed E-state index contributed by atoms with van der Waals surface area (Å²) in [5.41, 5.74) is 6.86. The highest BCUT2D eigenvalue weighted by atomic mass is 16.5. The van der Waals surface area contributed by atoms with E-state index in [9.17, 15) is 0 Å². The molecule has 0 aliphatic heterocycles. The van der Waals surface area contributed by atoms with E-state index >= 15 is 0 Å².